The van der Waals surface area contributed by atoms with Crippen molar-refractivity contribution in [2.75, 3.05) is 13.2 Å². The van der Waals surface area contributed by atoms with E-state index in [4.69, 9.17) is 9.47 Å². The largest absolute Gasteiger partial charge is 0.347 e. The third kappa shape index (κ3) is 1.23. The average Bonchev–Trinajstić information content (AvgIpc) is 2.75. The summed E-state index contributed by atoms with van der Waals surface area (Å²) in [7, 11) is 0. The van der Waals surface area contributed by atoms with E-state index in [9.17, 15) is 0 Å². The van der Waals surface area contributed by atoms with Gasteiger partial charge in [-0.3, -0.25) is 0 Å². The summed E-state index contributed by atoms with van der Waals surface area (Å²) >= 11 is 3.57. The fraction of sp³-hybridized carbons (Fsp3) is 0.455. The molecular formula is C11H11BrO2. The van der Waals surface area contributed by atoms with Crippen LogP contribution >= 0.6 is 15.9 Å². The number of halogens is 1. The van der Waals surface area contributed by atoms with E-state index in [1.54, 1.807) is 0 Å². The van der Waals surface area contributed by atoms with Gasteiger partial charge < -0.3 is 9.47 Å². The molecule has 3 heteroatoms. The second-order valence-electron chi connectivity index (χ2n) is 3.84. The Hall–Kier alpha value is -0.380. The van der Waals surface area contributed by atoms with Crippen LogP contribution in [-0.2, 0) is 22.3 Å². The summed E-state index contributed by atoms with van der Waals surface area (Å²) in [6.45, 7) is 1.46. The van der Waals surface area contributed by atoms with Crippen LogP contribution in [0.4, 0.5) is 0 Å². The highest BCUT2D eigenvalue weighted by Gasteiger charge is 2.42. The lowest BCUT2D eigenvalue weighted by Crippen LogP contribution is -2.30. The highest BCUT2D eigenvalue weighted by Crippen LogP contribution is 2.39. The molecule has 1 aromatic carbocycles. The van der Waals surface area contributed by atoms with Crippen molar-refractivity contribution in [3.8, 4) is 0 Å². The first-order chi connectivity index (χ1) is 6.79. The predicted octanol–water partition coefficient (Wildman–Crippen LogP) is 2.29. The molecule has 1 heterocycles. The summed E-state index contributed by atoms with van der Waals surface area (Å²) in [6.07, 6.45) is 1.77. The van der Waals surface area contributed by atoms with E-state index in [0.717, 1.165) is 26.1 Å². The van der Waals surface area contributed by atoms with Gasteiger partial charge in [0.25, 0.3) is 0 Å². The highest BCUT2D eigenvalue weighted by atomic mass is 79.9. The van der Waals surface area contributed by atoms with Crippen molar-refractivity contribution in [1.82, 2.24) is 0 Å². The Kier molecular flexibility index (Phi) is 1.94. The second-order valence-corrected chi connectivity index (χ2v) is 4.69. The van der Waals surface area contributed by atoms with E-state index < -0.39 is 0 Å². The molecule has 0 unspecified atom stereocenters. The molecule has 1 fully saturated rings. The molecule has 0 N–H and O–H groups in total. The van der Waals surface area contributed by atoms with E-state index in [2.05, 4.69) is 34.1 Å². The number of hydrogen-bond donors (Lipinski definition) is 0. The molecular weight excluding hydrogens is 244 g/mol. The molecule has 1 saturated heterocycles. The summed E-state index contributed by atoms with van der Waals surface area (Å²) < 4.78 is 12.6. The van der Waals surface area contributed by atoms with Crippen LogP contribution < -0.4 is 0 Å². The lowest BCUT2D eigenvalue weighted by atomic mass is 10.1. The van der Waals surface area contributed by atoms with E-state index in [-0.39, 0.29) is 5.79 Å². The third-order valence-electron chi connectivity index (χ3n) is 2.94. The maximum absolute atomic E-state index is 5.70. The minimum absolute atomic E-state index is 0.341. The summed E-state index contributed by atoms with van der Waals surface area (Å²) in [6, 6.07) is 6.30. The molecule has 1 aromatic rings. The van der Waals surface area contributed by atoms with Gasteiger partial charge in [0.05, 0.1) is 13.2 Å². The smallest absolute Gasteiger partial charge is 0.176 e. The molecule has 2 aliphatic rings. The van der Waals surface area contributed by atoms with E-state index >= 15 is 0 Å². The quantitative estimate of drug-likeness (QED) is 0.708. The van der Waals surface area contributed by atoms with Gasteiger partial charge >= 0.3 is 0 Å². The van der Waals surface area contributed by atoms with Crippen LogP contribution in [0.15, 0.2) is 22.7 Å². The minimum atomic E-state index is -0.341. The minimum Gasteiger partial charge on any atom is -0.347 e. The Labute approximate surface area is 91.3 Å². The normalized spacial score (nSPS) is 22.9. The average molecular weight is 255 g/mol. The van der Waals surface area contributed by atoms with Crippen molar-refractivity contribution in [3.05, 3.63) is 33.8 Å². The van der Waals surface area contributed by atoms with Crippen molar-refractivity contribution < 1.29 is 9.47 Å². The first-order valence-electron chi connectivity index (χ1n) is 4.83. The summed E-state index contributed by atoms with van der Waals surface area (Å²) in [5.74, 6) is -0.341. The number of benzene rings is 1. The van der Waals surface area contributed by atoms with Crippen molar-refractivity contribution >= 4 is 15.9 Å². The Balaban J connectivity index is 2.00. The molecule has 1 aliphatic heterocycles. The number of fused-ring (bicyclic) bond motifs is 1. The van der Waals surface area contributed by atoms with E-state index in [1.165, 1.54) is 15.6 Å². The fourth-order valence-corrected chi connectivity index (χ4v) is 2.84. The van der Waals surface area contributed by atoms with Crippen molar-refractivity contribution in [3.63, 3.8) is 0 Å². The Bertz CT molecular complexity index is 370. The molecule has 1 aliphatic carbocycles. The number of hydrogen-bond acceptors (Lipinski definition) is 2. The molecule has 0 radical (unpaired) electrons. The zero-order valence-corrected chi connectivity index (χ0v) is 9.34. The molecule has 0 aromatic heterocycles. The SMILES string of the molecule is Brc1cccc2c1CC1(C2)OCCO1. The zero-order chi connectivity index (χ0) is 9.60. The standard InChI is InChI=1S/C11H11BrO2/c12-10-3-1-2-8-6-11(7-9(8)10)13-4-5-14-11/h1-3H,4-7H2. The van der Waals surface area contributed by atoms with Gasteiger partial charge in [0.15, 0.2) is 5.79 Å². The van der Waals surface area contributed by atoms with Crippen molar-refractivity contribution in [2.24, 2.45) is 0 Å². The van der Waals surface area contributed by atoms with Crippen LogP contribution in [0, 0.1) is 0 Å². The fourth-order valence-electron chi connectivity index (χ4n) is 2.29. The molecule has 0 atom stereocenters. The van der Waals surface area contributed by atoms with Gasteiger partial charge in [0.1, 0.15) is 0 Å². The first kappa shape index (κ1) is 8.89. The van der Waals surface area contributed by atoms with Gasteiger partial charge in [-0.05, 0) is 17.2 Å². The van der Waals surface area contributed by atoms with Crippen LogP contribution in [0.1, 0.15) is 11.1 Å². The molecule has 0 amide bonds. The number of ether oxygens (including phenoxy) is 2. The van der Waals surface area contributed by atoms with Crippen molar-refractivity contribution in [2.45, 2.75) is 18.6 Å². The van der Waals surface area contributed by atoms with Gasteiger partial charge in [-0.2, -0.15) is 0 Å². The summed E-state index contributed by atoms with van der Waals surface area (Å²) in [4.78, 5) is 0. The Morgan fingerprint density at radius 2 is 1.93 bits per heavy atom. The zero-order valence-electron chi connectivity index (χ0n) is 7.75. The summed E-state index contributed by atoms with van der Waals surface area (Å²) in [5.41, 5.74) is 2.69. The topological polar surface area (TPSA) is 18.5 Å². The van der Waals surface area contributed by atoms with Crippen molar-refractivity contribution in [1.29, 1.82) is 0 Å². The molecule has 2 nitrogen and oxygen atoms in total. The first-order valence-corrected chi connectivity index (χ1v) is 5.63. The summed E-state index contributed by atoms with van der Waals surface area (Å²) in [5, 5.41) is 0. The molecule has 3 rings (SSSR count). The number of rotatable bonds is 0. The maximum atomic E-state index is 5.70. The van der Waals surface area contributed by atoms with Gasteiger partial charge in [-0.1, -0.05) is 28.1 Å². The maximum Gasteiger partial charge on any atom is 0.176 e. The molecule has 74 valence electrons. The van der Waals surface area contributed by atoms with Gasteiger partial charge in [0, 0.05) is 17.3 Å². The monoisotopic (exact) mass is 254 g/mol. The second kappa shape index (κ2) is 3.05. The van der Waals surface area contributed by atoms with E-state index in [0.29, 0.717) is 0 Å². The van der Waals surface area contributed by atoms with Gasteiger partial charge in [0.2, 0.25) is 0 Å². The lowest BCUT2D eigenvalue weighted by Gasteiger charge is -2.20. The van der Waals surface area contributed by atoms with Crippen LogP contribution in [0.5, 0.6) is 0 Å². The van der Waals surface area contributed by atoms with Gasteiger partial charge in [-0.15, -0.1) is 0 Å². The van der Waals surface area contributed by atoms with Gasteiger partial charge in [-0.25, -0.2) is 0 Å². The van der Waals surface area contributed by atoms with Crippen LogP contribution in [-0.4, -0.2) is 19.0 Å². The predicted molar refractivity (Wildman–Crippen MR) is 56.2 cm³/mol. The molecule has 0 saturated carbocycles. The van der Waals surface area contributed by atoms with E-state index in [1.807, 2.05) is 0 Å². The van der Waals surface area contributed by atoms with Crippen LogP contribution in [0.3, 0.4) is 0 Å². The molecule has 14 heavy (non-hydrogen) atoms. The third-order valence-corrected chi connectivity index (χ3v) is 3.68. The van der Waals surface area contributed by atoms with Crippen LogP contribution in [0.25, 0.3) is 0 Å². The Morgan fingerprint density at radius 3 is 2.64 bits per heavy atom. The Morgan fingerprint density at radius 1 is 1.14 bits per heavy atom. The van der Waals surface area contributed by atoms with Crippen LogP contribution in [0.2, 0.25) is 0 Å². The molecule has 0 bridgehead atoms. The lowest BCUT2D eigenvalue weighted by molar-refractivity contribution is -0.147. The highest BCUT2D eigenvalue weighted by molar-refractivity contribution is 9.10. The molecule has 1 spiro atoms.